The SMILES string of the molecule is CC(C)(C)C1=COC(=O)C1. The van der Waals surface area contributed by atoms with Crippen molar-refractivity contribution in [2.75, 3.05) is 0 Å². The molecule has 2 heteroatoms. The first-order valence-electron chi connectivity index (χ1n) is 3.39. The van der Waals surface area contributed by atoms with Crippen molar-refractivity contribution in [3.8, 4) is 0 Å². The molecule has 0 bridgehead atoms. The monoisotopic (exact) mass is 140 g/mol. The van der Waals surface area contributed by atoms with E-state index in [1.54, 1.807) is 6.26 Å². The molecule has 0 aliphatic carbocycles. The van der Waals surface area contributed by atoms with Crippen LogP contribution in [0.5, 0.6) is 0 Å². The molecule has 0 N–H and O–H groups in total. The maximum absolute atomic E-state index is 10.6. The zero-order valence-electron chi connectivity index (χ0n) is 6.60. The molecule has 0 aromatic heterocycles. The van der Waals surface area contributed by atoms with E-state index >= 15 is 0 Å². The molecule has 10 heavy (non-hydrogen) atoms. The highest BCUT2D eigenvalue weighted by atomic mass is 16.5. The highest BCUT2D eigenvalue weighted by Crippen LogP contribution is 2.31. The quantitative estimate of drug-likeness (QED) is 0.480. The van der Waals surface area contributed by atoms with Crippen LogP contribution in [0.15, 0.2) is 11.8 Å². The zero-order chi connectivity index (χ0) is 7.78. The Morgan fingerprint density at radius 1 is 1.50 bits per heavy atom. The maximum Gasteiger partial charge on any atom is 0.314 e. The fourth-order valence-corrected chi connectivity index (χ4v) is 0.818. The van der Waals surface area contributed by atoms with E-state index < -0.39 is 0 Å². The van der Waals surface area contributed by atoms with E-state index in [0.717, 1.165) is 5.57 Å². The molecule has 2 nitrogen and oxygen atoms in total. The summed E-state index contributed by atoms with van der Waals surface area (Å²) < 4.78 is 4.69. The van der Waals surface area contributed by atoms with Crippen LogP contribution in [0.1, 0.15) is 27.2 Å². The van der Waals surface area contributed by atoms with Crippen LogP contribution in [0, 0.1) is 5.41 Å². The molecule has 0 fully saturated rings. The number of hydrogen-bond donors (Lipinski definition) is 0. The minimum Gasteiger partial charge on any atom is -0.434 e. The number of carbonyl (C=O) groups excluding carboxylic acids is 1. The van der Waals surface area contributed by atoms with E-state index in [9.17, 15) is 4.79 Å². The highest BCUT2D eigenvalue weighted by molar-refractivity contribution is 5.76. The number of carbonyl (C=O) groups is 1. The third kappa shape index (κ3) is 1.38. The minimum atomic E-state index is -0.134. The summed E-state index contributed by atoms with van der Waals surface area (Å²) in [4.78, 5) is 10.6. The normalized spacial score (nSPS) is 18.7. The van der Waals surface area contributed by atoms with Crippen LogP contribution in [0.3, 0.4) is 0 Å². The van der Waals surface area contributed by atoms with Gasteiger partial charge in [0.15, 0.2) is 0 Å². The molecule has 0 spiro atoms. The van der Waals surface area contributed by atoms with Crippen molar-refractivity contribution in [3.63, 3.8) is 0 Å². The van der Waals surface area contributed by atoms with E-state index in [-0.39, 0.29) is 11.4 Å². The predicted molar refractivity (Wildman–Crippen MR) is 38.2 cm³/mol. The molecule has 56 valence electrons. The summed E-state index contributed by atoms with van der Waals surface area (Å²) in [6.07, 6.45) is 2.03. The van der Waals surface area contributed by atoms with E-state index in [1.807, 2.05) is 0 Å². The summed E-state index contributed by atoms with van der Waals surface area (Å²) in [5, 5.41) is 0. The molecule has 0 aromatic rings. The minimum absolute atomic E-state index is 0.0756. The van der Waals surface area contributed by atoms with Crippen LogP contribution in [0.25, 0.3) is 0 Å². The van der Waals surface area contributed by atoms with Gasteiger partial charge in [0.05, 0.1) is 12.7 Å². The van der Waals surface area contributed by atoms with E-state index in [4.69, 9.17) is 4.74 Å². The summed E-state index contributed by atoms with van der Waals surface area (Å²) in [5.41, 5.74) is 1.16. The van der Waals surface area contributed by atoms with Crippen molar-refractivity contribution >= 4 is 5.97 Å². The lowest BCUT2D eigenvalue weighted by Gasteiger charge is -2.17. The molecule has 0 saturated heterocycles. The third-order valence-corrected chi connectivity index (χ3v) is 1.63. The van der Waals surface area contributed by atoms with E-state index in [1.165, 1.54) is 0 Å². The van der Waals surface area contributed by atoms with Crippen LogP contribution in [0.2, 0.25) is 0 Å². The Morgan fingerprint density at radius 2 is 2.10 bits per heavy atom. The van der Waals surface area contributed by atoms with Gasteiger partial charge in [0.25, 0.3) is 0 Å². The fourth-order valence-electron chi connectivity index (χ4n) is 0.818. The van der Waals surface area contributed by atoms with Gasteiger partial charge in [-0.05, 0) is 11.0 Å². The first-order valence-corrected chi connectivity index (χ1v) is 3.39. The van der Waals surface area contributed by atoms with Gasteiger partial charge in [-0.1, -0.05) is 20.8 Å². The van der Waals surface area contributed by atoms with Gasteiger partial charge in [0, 0.05) is 0 Å². The van der Waals surface area contributed by atoms with Gasteiger partial charge in [-0.2, -0.15) is 0 Å². The molecule has 1 rings (SSSR count). The van der Waals surface area contributed by atoms with Crippen LogP contribution < -0.4 is 0 Å². The average Bonchev–Trinajstić information content (AvgIpc) is 2.11. The van der Waals surface area contributed by atoms with Crippen molar-refractivity contribution in [2.24, 2.45) is 5.41 Å². The Morgan fingerprint density at radius 3 is 2.30 bits per heavy atom. The average molecular weight is 140 g/mol. The number of rotatable bonds is 0. The fraction of sp³-hybridized carbons (Fsp3) is 0.625. The Labute approximate surface area is 60.9 Å². The van der Waals surface area contributed by atoms with Gasteiger partial charge >= 0.3 is 5.97 Å². The molecule has 1 aliphatic rings. The largest absolute Gasteiger partial charge is 0.434 e. The third-order valence-electron chi connectivity index (χ3n) is 1.63. The first-order chi connectivity index (χ1) is 4.50. The molecular formula is C8H12O2. The number of esters is 1. The van der Waals surface area contributed by atoms with E-state index in [0.29, 0.717) is 6.42 Å². The molecule has 1 aliphatic heterocycles. The zero-order valence-corrected chi connectivity index (χ0v) is 6.60. The van der Waals surface area contributed by atoms with Crippen molar-refractivity contribution in [1.82, 2.24) is 0 Å². The Bertz CT molecular complexity index is 184. The van der Waals surface area contributed by atoms with Crippen LogP contribution >= 0.6 is 0 Å². The van der Waals surface area contributed by atoms with Gasteiger partial charge < -0.3 is 4.74 Å². The second kappa shape index (κ2) is 2.11. The first kappa shape index (κ1) is 7.32. The van der Waals surface area contributed by atoms with Gasteiger partial charge in [0.2, 0.25) is 0 Å². The molecule has 0 atom stereocenters. The van der Waals surface area contributed by atoms with Crippen molar-refractivity contribution in [3.05, 3.63) is 11.8 Å². The molecule has 0 radical (unpaired) electrons. The summed E-state index contributed by atoms with van der Waals surface area (Å²) in [7, 11) is 0. The number of hydrogen-bond acceptors (Lipinski definition) is 2. The summed E-state index contributed by atoms with van der Waals surface area (Å²) in [5.74, 6) is -0.134. The predicted octanol–water partition coefficient (Wildman–Crippen LogP) is 1.86. The Kier molecular flexibility index (Phi) is 1.55. The van der Waals surface area contributed by atoms with Crippen LogP contribution in [0.4, 0.5) is 0 Å². The lowest BCUT2D eigenvalue weighted by molar-refractivity contribution is -0.135. The summed E-state index contributed by atoms with van der Waals surface area (Å²) in [6.45, 7) is 6.21. The second-order valence-electron chi connectivity index (χ2n) is 3.56. The van der Waals surface area contributed by atoms with E-state index in [2.05, 4.69) is 20.8 Å². The van der Waals surface area contributed by atoms with Crippen LogP contribution in [-0.2, 0) is 9.53 Å². The molecule has 0 aromatic carbocycles. The van der Waals surface area contributed by atoms with Gasteiger partial charge in [-0.25, -0.2) is 0 Å². The number of ether oxygens (including phenoxy) is 1. The molecular weight excluding hydrogens is 128 g/mol. The summed E-state index contributed by atoms with van der Waals surface area (Å²) >= 11 is 0. The topological polar surface area (TPSA) is 26.3 Å². The van der Waals surface area contributed by atoms with Gasteiger partial charge in [-0.15, -0.1) is 0 Å². The second-order valence-corrected chi connectivity index (χ2v) is 3.56. The molecule has 0 saturated carbocycles. The Balaban J connectivity index is 2.69. The number of cyclic esters (lactones) is 1. The van der Waals surface area contributed by atoms with Gasteiger partial charge in [-0.3, -0.25) is 4.79 Å². The Hall–Kier alpha value is -0.790. The lowest BCUT2D eigenvalue weighted by atomic mass is 9.86. The van der Waals surface area contributed by atoms with Crippen molar-refractivity contribution in [1.29, 1.82) is 0 Å². The molecule has 0 unspecified atom stereocenters. The molecule has 1 heterocycles. The summed E-state index contributed by atoms with van der Waals surface area (Å²) in [6, 6.07) is 0. The van der Waals surface area contributed by atoms with Crippen molar-refractivity contribution in [2.45, 2.75) is 27.2 Å². The van der Waals surface area contributed by atoms with Gasteiger partial charge in [0.1, 0.15) is 0 Å². The maximum atomic E-state index is 10.6. The van der Waals surface area contributed by atoms with Crippen LogP contribution in [-0.4, -0.2) is 5.97 Å². The van der Waals surface area contributed by atoms with Crippen molar-refractivity contribution < 1.29 is 9.53 Å². The molecule has 0 amide bonds. The smallest absolute Gasteiger partial charge is 0.314 e. The highest BCUT2D eigenvalue weighted by Gasteiger charge is 2.25. The lowest BCUT2D eigenvalue weighted by Crippen LogP contribution is -2.08. The standard InChI is InChI=1S/C8H12O2/c1-8(2,3)6-4-7(9)10-5-6/h5H,4H2,1-3H3.